The maximum absolute atomic E-state index is 11.2. The fourth-order valence-electron chi connectivity index (χ4n) is 1.81. The Morgan fingerprint density at radius 3 is 2.20 bits per heavy atom. The van der Waals surface area contributed by atoms with Gasteiger partial charge in [0.2, 0.25) is 0 Å². The summed E-state index contributed by atoms with van der Waals surface area (Å²) in [6, 6.07) is 4.67. The van der Waals surface area contributed by atoms with Crippen LogP contribution in [0.4, 0.5) is 0 Å². The second-order valence-corrected chi connectivity index (χ2v) is 4.06. The highest BCUT2D eigenvalue weighted by molar-refractivity contribution is 5.82. The Hall–Kier alpha value is -2.24. The Morgan fingerprint density at radius 1 is 1.10 bits per heavy atom. The monoisotopic (exact) mass is 282 g/mol. The lowest BCUT2D eigenvalue weighted by atomic mass is 9.95. The minimum absolute atomic E-state index is 0.381. The highest BCUT2D eigenvalue weighted by Crippen LogP contribution is 2.32. The van der Waals surface area contributed by atoms with Gasteiger partial charge in [-0.25, -0.2) is 0 Å². The smallest absolute Gasteiger partial charge is 0.311 e. The summed E-state index contributed by atoms with van der Waals surface area (Å²) in [5.74, 6) is -2.52. The van der Waals surface area contributed by atoms with Crippen molar-refractivity contribution in [2.75, 3.05) is 13.2 Å². The molecule has 0 unspecified atom stereocenters. The summed E-state index contributed by atoms with van der Waals surface area (Å²) in [5.41, 5.74) is 0.381. The van der Waals surface area contributed by atoms with Gasteiger partial charge in [0, 0.05) is 0 Å². The van der Waals surface area contributed by atoms with Crippen LogP contribution in [0.15, 0.2) is 18.2 Å². The quantitative estimate of drug-likeness (QED) is 0.758. The molecule has 1 aromatic rings. The van der Waals surface area contributed by atoms with Crippen LogP contribution in [0.1, 0.15) is 31.7 Å². The van der Waals surface area contributed by atoms with Gasteiger partial charge in [-0.3, -0.25) is 9.59 Å². The SMILES string of the molecule is CCOc1ccc([C@H](CC(=O)O)C(=O)O)cc1OCC. The molecule has 2 N–H and O–H groups in total. The van der Waals surface area contributed by atoms with Gasteiger partial charge in [0.25, 0.3) is 0 Å². The van der Waals surface area contributed by atoms with Gasteiger partial charge in [0.15, 0.2) is 11.5 Å². The van der Waals surface area contributed by atoms with Gasteiger partial charge in [-0.1, -0.05) is 6.07 Å². The maximum Gasteiger partial charge on any atom is 0.311 e. The molecule has 0 saturated heterocycles. The molecule has 1 rings (SSSR count). The molecule has 0 bridgehead atoms. The summed E-state index contributed by atoms with van der Waals surface area (Å²) in [7, 11) is 0. The van der Waals surface area contributed by atoms with Crippen LogP contribution >= 0.6 is 0 Å². The normalized spacial score (nSPS) is 11.7. The van der Waals surface area contributed by atoms with E-state index in [2.05, 4.69) is 0 Å². The summed E-state index contributed by atoms with van der Waals surface area (Å²) in [4.78, 5) is 21.9. The molecule has 0 heterocycles. The van der Waals surface area contributed by atoms with Gasteiger partial charge in [0.05, 0.1) is 25.6 Å². The van der Waals surface area contributed by atoms with Crippen LogP contribution in [0.3, 0.4) is 0 Å². The predicted octanol–water partition coefficient (Wildman–Crippen LogP) is 2.13. The molecule has 0 aliphatic rings. The minimum atomic E-state index is -1.18. The van der Waals surface area contributed by atoms with Gasteiger partial charge in [0.1, 0.15) is 0 Å². The molecule has 0 radical (unpaired) electrons. The Balaban J connectivity index is 3.12. The zero-order chi connectivity index (χ0) is 15.1. The number of ether oxygens (including phenoxy) is 2. The average Bonchev–Trinajstić information content (AvgIpc) is 2.38. The van der Waals surface area contributed by atoms with Crippen molar-refractivity contribution in [1.82, 2.24) is 0 Å². The van der Waals surface area contributed by atoms with E-state index in [-0.39, 0.29) is 0 Å². The number of carbonyl (C=O) groups is 2. The number of rotatable bonds is 8. The van der Waals surface area contributed by atoms with Crippen molar-refractivity contribution in [3.63, 3.8) is 0 Å². The Labute approximate surface area is 116 Å². The predicted molar refractivity (Wildman–Crippen MR) is 71.4 cm³/mol. The van der Waals surface area contributed by atoms with Crippen LogP contribution in [0, 0.1) is 0 Å². The third-order valence-corrected chi connectivity index (χ3v) is 2.65. The molecule has 110 valence electrons. The second kappa shape index (κ2) is 7.37. The molecule has 20 heavy (non-hydrogen) atoms. The van der Waals surface area contributed by atoms with E-state index in [1.54, 1.807) is 19.1 Å². The summed E-state index contributed by atoms with van der Waals surface area (Å²) in [6.45, 7) is 4.49. The molecule has 0 aliphatic carbocycles. The summed E-state index contributed by atoms with van der Waals surface area (Å²) >= 11 is 0. The van der Waals surface area contributed by atoms with Crippen molar-refractivity contribution in [1.29, 1.82) is 0 Å². The molecular formula is C14H18O6. The molecule has 1 aromatic carbocycles. The number of benzene rings is 1. The van der Waals surface area contributed by atoms with E-state index < -0.39 is 24.3 Å². The number of hydrogen-bond donors (Lipinski definition) is 2. The van der Waals surface area contributed by atoms with Crippen molar-refractivity contribution in [3.05, 3.63) is 23.8 Å². The molecule has 0 aliphatic heterocycles. The third-order valence-electron chi connectivity index (χ3n) is 2.65. The zero-order valence-corrected chi connectivity index (χ0v) is 11.5. The first-order chi connectivity index (χ1) is 9.49. The van der Waals surface area contributed by atoms with Crippen LogP contribution in [-0.4, -0.2) is 35.4 Å². The van der Waals surface area contributed by atoms with Crippen molar-refractivity contribution < 1.29 is 29.3 Å². The van der Waals surface area contributed by atoms with E-state index in [1.807, 2.05) is 6.92 Å². The van der Waals surface area contributed by atoms with Gasteiger partial charge in [-0.2, -0.15) is 0 Å². The van der Waals surface area contributed by atoms with E-state index in [0.717, 1.165) is 0 Å². The maximum atomic E-state index is 11.2. The molecule has 0 spiro atoms. The lowest BCUT2D eigenvalue weighted by molar-refractivity contribution is -0.145. The van der Waals surface area contributed by atoms with Gasteiger partial charge >= 0.3 is 11.9 Å². The van der Waals surface area contributed by atoms with Crippen LogP contribution in [0.25, 0.3) is 0 Å². The standard InChI is InChI=1S/C14H18O6/c1-3-19-11-6-5-9(7-12(11)20-4-2)10(14(17)18)8-13(15)16/h5-7,10H,3-4,8H2,1-2H3,(H,15,16)(H,17,18)/t10-/m0/s1. The Bertz CT molecular complexity index is 483. The number of aliphatic carboxylic acids is 2. The van der Waals surface area contributed by atoms with Crippen LogP contribution in [0.5, 0.6) is 11.5 Å². The second-order valence-electron chi connectivity index (χ2n) is 4.06. The zero-order valence-electron chi connectivity index (χ0n) is 11.5. The first-order valence-electron chi connectivity index (χ1n) is 6.33. The summed E-state index contributed by atoms with van der Waals surface area (Å²) in [6.07, 6.45) is -0.477. The number of carboxylic acids is 2. The van der Waals surface area contributed by atoms with Crippen LogP contribution in [-0.2, 0) is 9.59 Å². The van der Waals surface area contributed by atoms with E-state index in [1.165, 1.54) is 6.07 Å². The van der Waals surface area contributed by atoms with Crippen LogP contribution < -0.4 is 9.47 Å². The van der Waals surface area contributed by atoms with Gasteiger partial charge < -0.3 is 19.7 Å². The summed E-state index contributed by atoms with van der Waals surface area (Å²) < 4.78 is 10.8. The molecule has 0 aromatic heterocycles. The highest BCUT2D eigenvalue weighted by atomic mass is 16.5. The first kappa shape index (κ1) is 15.8. The van der Waals surface area contributed by atoms with Crippen molar-refractivity contribution >= 4 is 11.9 Å². The van der Waals surface area contributed by atoms with Gasteiger partial charge in [-0.15, -0.1) is 0 Å². The lowest BCUT2D eigenvalue weighted by Crippen LogP contribution is -2.16. The third kappa shape index (κ3) is 4.15. The fraction of sp³-hybridized carbons (Fsp3) is 0.429. The summed E-state index contributed by atoms with van der Waals surface area (Å²) in [5, 5.41) is 17.9. The van der Waals surface area contributed by atoms with E-state index in [0.29, 0.717) is 30.3 Å². The van der Waals surface area contributed by atoms with E-state index in [9.17, 15) is 9.59 Å². The number of carboxylic acid groups (broad SMARTS) is 2. The average molecular weight is 282 g/mol. The Kier molecular flexibility index (Phi) is 5.83. The Morgan fingerprint density at radius 2 is 1.70 bits per heavy atom. The molecule has 0 fully saturated rings. The van der Waals surface area contributed by atoms with E-state index in [4.69, 9.17) is 19.7 Å². The topological polar surface area (TPSA) is 93.1 Å². The highest BCUT2D eigenvalue weighted by Gasteiger charge is 2.24. The molecule has 0 amide bonds. The molecule has 6 heteroatoms. The fourth-order valence-corrected chi connectivity index (χ4v) is 1.81. The van der Waals surface area contributed by atoms with E-state index >= 15 is 0 Å². The van der Waals surface area contributed by atoms with Crippen molar-refractivity contribution in [3.8, 4) is 11.5 Å². The van der Waals surface area contributed by atoms with Crippen molar-refractivity contribution in [2.45, 2.75) is 26.2 Å². The lowest BCUT2D eigenvalue weighted by Gasteiger charge is -2.15. The molecule has 0 saturated carbocycles. The first-order valence-corrected chi connectivity index (χ1v) is 6.33. The molecule has 6 nitrogen and oxygen atoms in total. The van der Waals surface area contributed by atoms with Crippen molar-refractivity contribution in [2.24, 2.45) is 0 Å². The number of hydrogen-bond acceptors (Lipinski definition) is 4. The largest absolute Gasteiger partial charge is 0.490 e. The minimum Gasteiger partial charge on any atom is -0.490 e. The van der Waals surface area contributed by atoms with Gasteiger partial charge in [-0.05, 0) is 31.5 Å². The molecule has 1 atom stereocenters. The molecular weight excluding hydrogens is 264 g/mol. The van der Waals surface area contributed by atoms with Crippen LogP contribution in [0.2, 0.25) is 0 Å².